The fourth-order valence-electron chi connectivity index (χ4n) is 2.55. The molecule has 0 aromatic carbocycles. The number of piperazine rings is 1. The molecule has 1 heterocycles. The topological polar surface area (TPSA) is 23.6 Å². The molecule has 0 bridgehead atoms. The van der Waals surface area contributed by atoms with E-state index in [0.29, 0.717) is 11.7 Å². The van der Waals surface area contributed by atoms with Crippen LogP contribution in [0.15, 0.2) is 0 Å². The molecule has 0 aromatic heterocycles. The van der Waals surface area contributed by atoms with E-state index in [1.54, 1.807) is 0 Å². The number of ketones is 1. The Bertz CT molecular complexity index is 263. The van der Waals surface area contributed by atoms with Crippen LogP contribution in [-0.2, 0) is 4.79 Å². The van der Waals surface area contributed by atoms with Crippen LogP contribution in [-0.4, -0.2) is 54.9 Å². The summed E-state index contributed by atoms with van der Waals surface area (Å²) in [5.41, 5.74) is 0. The van der Waals surface area contributed by atoms with E-state index < -0.39 is 0 Å². The Balaban J connectivity index is 1.37. The van der Waals surface area contributed by atoms with Crippen molar-refractivity contribution in [1.82, 2.24) is 9.80 Å². The number of carbonyl (C=O) groups excluding carboxylic acids is 1. The van der Waals surface area contributed by atoms with E-state index in [2.05, 4.69) is 9.80 Å². The molecule has 3 heteroatoms. The van der Waals surface area contributed by atoms with E-state index in [9.17, 15) is 4.79 Å². The predicted octanol–water partition coefficient (Wildman–Crippen LogP) is 0.993. The van der Waals surface area contributed by atoms with Crippen molar-refractivity contribution >= 4 is 5.78 Å². The fourth-order valence-corrected chi connectivity index (χ4v) is 2.55. The smallest absolute Gasteiger partial charge is 0.149 e. The van der Waals surface area contributed by atoms with Gasteiger partial charge in [-0.3, -0.25) is 9.69 Å². The molecule has 3 nitrogen and oxygen atoms in total. The Kier molecular flexibility index (Phi) is 2.99. The highest BCUT2D eigenvalue weighted by Gasteiger charge is 2.31. The van der Waals surface area contributed by atoms with Gasteiger partial charge in [0.2, 0.25) is 0 Å². The minimum absolute atomic E-state index is 0.435. The predicted molar refractivity (Wildman–Crippen MR) is 63.3 cm³/mol. The van der Waals surface area contributed by atoms with Gasteiger partial charge in [0.25, 0.3) is 0 Å². The maximum Gasteiger partial charge on any atom is 0.149 e. The Morgan fingerprint density at radius 3 is 2.12 bits per heavy atom. The third-order valence-electron chi connectivity index (χ3n) is 4.09. The molecule has 90 valence electrons. The second-order valence-electron chi connectivity index (χ2n) is 5.76. The lowest BCUT2D eigenvalue weighted by Crippen LogP contribution is -2.48. The lowest BCUT2D eigenvalue weighted by atomic mass is 10.2. The average Bonchev–Trinajstić information content (AvgIpc) is 3.15. The van der Waals surface area contributed by atoms with Crippen molar-refractivity contribution in [2.75, 3.05) is 39.3 Å². The summed E-state index contributed by atoms with van der Waals surface area (Å²) in [6.07, 6.45) is 5.20. The number of rotatable bonds is 5. The molecule has 0 N–H and O–H groups in total. The molecular weight excluding hydrogens is 200 g/mol. The van der Waals surface area contributed by atoms with Crippen molar-refractivity contribution in [3.05, 3.63) is 0 Å². The minimum atomic E-state index is 0.435. The SMILES string of the molecule is O=C(CN1CCN(CC2CC2)CC1)C1CC1. The van der Waals surface area contributed by atoms with Crippen LogP contribution < -0.4 is 0 Å². The van der Waals surface area contributed by atoms with Gasteiger partial charge in [-0.25, -0.2) is 0 Å². The van der Waals surface area contributed by atoms with Crippen molar-refractivity contribution in [2.24, 2.45) is 11.8 Å². The van der Waals surface area contributed by atoms with E-state index in [1.807, 2.05) is 0 Å². The van der Waals surface area contributed by atoms with Crippen LogP contribution >= 0.6 is 0 Å². The van der Waals surface area contributed by atoms with Crippen molar-refractivity contribution in [1.29, 1.82) is 0 Å². The van der Waals surface area contributed by atoms with Crippen LogP contribution in [0.5, 0.6) is 0 Å². The molecule has 0 spiro atoms. The van der Waals surface area contributed by atoms with Gasteiger partial charge in [-0.05, 0) is 31.6 Å². The van der Waals surface area contributed by atoms with Crippen LogP contribution in [0, 0.1) is 11.8 Å². The van der Waals surface area contributed by atoms with Crippen molar-refractivity contribution < 1.29 is 4.79 Å². The molecule has 3 fully saturated rings. The molecule has 0 atom stereocenters. The largest absolute Gasteiger partial charge is 0.301 e. The quantitative estimate of drug-likeness (QED) is 0.693. The number of Topliss-reactive ketones (excluding diaryl/α,β-unsaturated/α-hetero) is 1. The summed E-state index contributed by atoms with van der Waals surface area (Å²) in [6.45, 7) is 6.59. The zero-order chi connectivity index (χ0) is 11.0. The second-order valence-corrected chi connectivity index (χ2v) is 5.76. The van der Waals surface area contributed by atoms with Gasteiger partial charge in [0.1, 0.15) is 5.78 Å². The van der Waals surface area contributed by atoms with Crippen LogP contribution in [0.1, 0.15) is 25.7 Å². The lowest BCUT2D eigenvalue weighted by molar-refractivity contribution is -0.121. The van der Waals surface area contributed by atoms with Crippen LogP contribution in [0.3, 0.4) is 0 Å². The maximum absolute atomic E-state index is 11.7. The number of hydrogen-bond acceptors (Lipinski definition) is 3. The van der Waals surface area contributed by atoms with Gasteiger partial charge in [0, 0.05) is 38.6 Å². The summed E-state index contributed by atoms with van der Waals surface area (Å²) in [6, 6.07) is 0. The monoisotopic (exact) mass is 222 g/mol. The molecule has 2 aliphatic carbocycles. The van der Waals surface area contributed by atoms with Gasteiger partial charge in [0.05, 0.1) is 6.54 Å². The van der Waals surface area contributed by atoms with Crippen LogP contribution in [0.2, 0.25) is 0 Å². The number of hydrogen-bond donors (Lipinski definition) is 0. The Labute approximate surface area is 97.8 Å². The van der Waals surface area contributed by atoms with E-state index in [1.165, 1.54) is 32.5 Å². The Morgan fingerprint density at radius 1 is 0.938 bits per heavy atom. The number of nitrogens with zero attached hydrogens (tertiary/aromatic N) is 2. The molecule has 16 heavy (non-hydrogen) atoms. The van der Waals surface area contributed by atoms with Crippen LogP contribution in [0.4, 0.5) is 0 Å². The highest BCUT2D eigenvalue weighted by molar-refractivity contribution is 5.84. The lowest BCUT2D eigenvalue weighted by Gasteiger charge is -2.34. The first-order valence-corrected chi connectivity index (χ1v) is 6.78. The fraction of sp³-hybridized carbons (Fsp3) is 0.923. The highest BCUT2D eigenvalue weighted by Crippen LogP contribution is 2.31. The standard InChI is InChI=1S/C13H22N2O/c16-13(12-3-4-12)10-15-7-5-14(6-8-15)9-11-1-2-11/h11-12H,1-10H2. The van der Waals surface area contributed by atoms with Crippen LogP contribution in [0.25, 0.3) is 0 Å². The average molecular weight is 222 g/mol. The Hall–Kier alpha value is -0.410. The first-order chi connectivity index (χ1) is 7.81. The van der Waals surface area contributed by atoms with Gasteiger partial charge >= 0.3 is 0 Å². The zero-order valence-corrected chi connectivity index (χ0v) is 10.0. The molecule has 0 aromatic rings. The molecule has 0 unspecified atom stereocenters. The molecular formula is C13H22N2O. The van der Waals surface area contributed by atoms with Crippen molar-refractivity contribution in [2.45, 2.75) is 25.7 Å². The molecule has 3 aliphatic rings. The Morgan fingerprint density at radius 2 is 1.56 bits per heavy atom. The third kappa shape index (κ3) is 2.83. The molecule has 0 radical (unpaired) electrons. The first-order valence-electron chi connectivity index (χ1n) is 6.78. The zero-order valence-electron chi connectivity index (χ0n) is 10.0. The molecule has 3 rings (SSSR count). The molecule has 1 aliphatic heterocycles. The molecule has 0 amide bonds. The van der Waals surface area contributed by atoms with E-state index >= 15 is 0 Å². The summed E-state index contributed by atoms with van der Waals surface area (Å²) in [5.74, 6) is 1.93. The normalized spacial score (nSPS) is 28.2. The van der Waals surface area contributed by atoms with Crippen molar-refractivity contribution in [3.8, 4) is 0 Å². The summed E-state index contributed by atoms with van der Waals surface area (Å²) in [7, 11) is 0. The van der Waals surface area contributed by atoms with Gasteiger partial charge in [-0.2, -0.15) is 0 Å². The van der Waals surface area contributed by atoms with E-state index in [4.69, 9.17) is 0 Å². The van der Waals surface area contributed by atoms with Gasteiger partial charge in [0.15, 0.2) is 0 Å². The van der Waals surface area contributed by atoms with Crippen molar-refractivity contribution in [3.63, 3.8) is 0 Å². The minimum Gasteiger partial charge on any atom is -0.301 e. The third-order valence-corrected chi connectivity index (χ3v) is 4.09. The van der Waals surface area contributed by atoms with Gasteiger partial charge < -0.3 is 4.90 Å². The molecule has 1 saturated heterocycles. The van der Waals surface area contributed by atoms with E-state index in [0.717, 1.165) is 38.4 Å². The summed E-state index contributed by atoms with van der Waals surface area (Å²) < 4.78 is 0. The molecule has 2 saturated carbocycles. The second kappa shape index (κ2) is 4.46. The van der Waals surface area contributed by atoms with Gasteiger partial charge in [-0.15, -0.1) is 0 Å². The summed E-state index contributed by atoms with van der Waals surface area (Å²) in [4.78, 5) is 16.6. The summed E-state index contributed by atoms with van der Waals surface area (Å²) in [5, 5.41) is 0. The highest BCUT2D eigenvalue weighted by atomic mass is 16.1. The number of carbonyl (C=O) groups is 1. The van der Waals surface area contributed by atoms with Gasteiger partial charge in [-0.1, -0.05) is 0 Å². The maximum atomic E-state index is 11.7. The van der Waals surface area contributed by atoms with E-state index in [-0.39, 0.29) is 0 Å². The summed E-state index contributed by atoms with van der Waals surface area (Å²) >= 11 is 0. The first kappa shape index (κ1) is 10.7.